The standard InChI is InChI=1S/C31H39N3O4S/c1-7-26-13-11-12-16-28(26)34(39(37,38)27-14-9-8-10-15-27)22-29(35)33(21-25-19-17-23(2)18-20-25)24(3)30(36)32-31(4,5)6/h8-20,24H,7,21-22H2,1-6H3,(H,32,36)/t24-/m0/s1. The zero-order chi connectivity index (χ0) is 28.8. The van der Waals surface area contributed by atoms with Crippen molar-refractivity contribution in [1.29, 1.82) is 0 Å². The lowest BCUT2D eigenvalue weighted by molar-refractivity contribution is -0.140. The number of benzene rings is 3. The van der Waals surface area contributed by atoms with Crippen LogP contribution < -0.4 is 9.62 Å². The number of nitrogens with zero attached hydrogens (tertiary/aromatic N) is 2. The number of para-hydroxylation sites is 1. The van der Waals surface area contributed by atoms with Crippen LogP contribution in [-0.2, 0) is 32.6 Å². The van der Waals surface area contributed by atoms with Crippen molar-refractivity contribution in [2.24, 2.45) is 0 Å². The molecule has 3 aromatic rings. The topological polar surface area (TPSA) is 86.8 Å². The number of carbonyl (C=O) groups excluding carboxylic acids is 2. The molecule has 0 bridgehead atoms. The van der Waals surface area contributed by atoms with E-state index in [4.69, 9.17) is 0 Å². The Kier molecular flexibility index (Phi) is 9.56. The van der Waals surface area contributed by atoms with Crippen LogP contribution in [0.25, 0.3) is 0 Å². The van der Waals surface area contributed by atoms with E-state index in [9.17, 15) is 18.0 Å². The number of nitrogens with one attached hydrogen (secondary N) is 1. The molecule has 0 saturated carbocycles. The number of hydrogen-bond donors (Lipinski definition) is 1. The first-order valence-corrected chi connectivity index (χ1v) is 14.6. The van der Waals surface area contributed by atoms with Crippen LogP contribution in [0.15, 0.2) is 83.8 Å². The summed E-state index contributed by atoms with van der Waals surface area (Å²) in [6.45, 7) is 10.9. The fourth-order valence-electron chi connectivity index (χ4n) is 4.23. The molecule has 0 radical (unpaired) electrons. The van der Waals surface area contributed by atoms with Gasteiger partial charge in [-0.3, -0.25) is 13.9 Å². The van der Waals surface area contributed by atoms with Crippen LogP contribution in [0.1, 0.15) is 51.3 Å². The van der Waals surface area contributed by atoms with Gasteiger partial charge >= 0.3 is 0 Å². The third-order valence-corrected chi connectivity index (χ3v) is 8.16. The van der Waals surface area contributed by atoms with Crippen molar-refractivity contribution in [2.45, 2.75) is 71.0 Å². The summed E-state index contributed by atoms with van der Waals surface area (Å²) < 4.78 is 29.0. The van der Waals surface area contributed by atoms with Crippen LogP contribution in [-0.4, -0.2) is 43.3 Å². The van der Waals surface area contributed by atoms with Gasteiger partial charge in [-0.15, -0.1) is 0 Å². The average molecular weight is 550 g/mol. The second kappa shape index (κ2) is 12.5. The molecule has 0 aromatic heterocycles. The highest BCUT2D eigenvalue weighted by molar-refractivity contribution is 7.92. The molecule has 7 nitrogen and oxygen atoms in total. The summed E-state index contributed by atoms with van der Waals surface area (Å²) in [5.74, 6) is -0.785. The molecule has 3 aromatic carbocycles. The molecule has 0 aliphatic rings. The lowest BCUT2D eigenvalue weighted by Crippen LogP contribution is -2.54. The Morgan fingerprint density at radius 2 is 1.49 bits per heavy atom. The summed E-state index contributed by atoms with van der Waals surface area (Å²) in [6.07, 6.45) is 0.586. The largest absolute Gasteiger partial charge is 0.350 e. The number of rotatable bonds is 10. The van der Waals surface area contributed by atoms with Gasteiger partial charge in [0, 0.05) is 12.1 Å². The first kappa shape index (κ1) is 29.9. The number of anilines is 1. The lowest BCUT2D eigenvalue weighted by Gasteiger charge is -2.34. The van der Waals surface area contributed by atoms with Crippen molar-refractivity contribution in [2.75, 3.05) is 10.8 Å². The number of amides is 2. The maximum absolute atomic E-state index is 14.0. The average Bonchev–Trinajstić information content (AvgIpc) is 2.90. The van der Waals surface area contributed by atoms with Gasteiger partial charge in [-0.05, 0) is 70.4 Å². The molecule has 8 heteroatoms. The van der Waals surface area contributed by atoms with Crippen molar-refractivity contribution >= 4 is 27.5 Å². The van der Waals surface area contributed by atoms with E-state index < -0.39 is 34.1 Å². The molecule has 0 fully saturated rings. The summed E-state index contributed by atoms with van der Waals surface area (Å²) in [4.78, 5) is 28.8. The predicted octanol–water partition coefficient (Wildman–Crippen LogP) is 5.08. The third kappa shape index (κ3) is 7.69. The number of aryl methyl sites for hydroxylation is 2. The van der Waals surface area contributed by atoms with Gasteiger partial charge in [-0.25, -0.2) is 8.42 Å². The SMILES string of the molecule is CCc1ccccc1N(CC(=O)N(Cc1ccc(C)cc1)[C@@H](C)C(=O)NC(C)(C)C)S(=O)(=O)c1ccccc1. The van der Waals surface area contributed by atoms with Gasteiger partial charge in [0.2, 0.25) is 11.8 Å². The Labute approximate surface area is 232 Å². The molecule has 0 aliphatic carbocycles. The van der Waals surface area contributed by atoms with E-state index in [1.54, 1.807) is 37.3 Å². The Morgan fingerprint density at radius 1 is 0.897 bits per heavy atom. The van der Waals surface area contributed by atoms with Gasteiger partial charge in [0.05, 0.1) is 10.6 Å². The van der Waals surface area contributed by atoms with Crippen LogP contribution in [0.4, 0.5) is 5.69 Å². The molecular formula is C31H39N3O4S. The van der Waals surface area contributed by atoms with Gasteiger partial charge < -0.3 is 10.2 Å². The molecule has 0 aliphatic heterocycles. The normalized spacial score (nSPS) is 12.5. The Bertz CT molecular complexity index is 1380. The molecule has 1 atom stereocenters. The second-order valence-corrected chi connectivity index (χ2v) is 12.6. The molecule has 39 heavy (non-hydrogen) atoms. The maximum atomic E-state index is 14.0. The highest BCUT2D eigenvalue weighted by Crippen LogP contribution is 2.28. The smallest absolute Gasteiger partial charge is 0.264 e. The molecule has 3 rings (SSSR count). The number of hydrogen-bond acceptors (Lipinski definition) is 4. The number of carbonyl (C=O) groups is 2. The summed E-state index contributed by atoms with van der Waals surface area (Å²) in [6, 6.07) is 22.2. The fraction of sp³-hybridized carbons (Fsp3) is 0.355. The predicted molar refractivity (Wildman–Crippen MR) is 156 cm³/mol. The van der Waals surface area contributed by atoms with Gasteiger partial charge in [0.15, 0.2) is 0 Å². The summed E-state index contributed by atoms with van der Waals surface area (Å²) in [5.41, 5.74) is 2.67. The lowest BCUT2D eigenvalue weighted by atomic mass is 10.1. The molecule has 208 valence electrons. The Morgan fingerprint density at radius 3 is 2.08 bits per heavy atom. The molecule has 2 amide bonds. The monoisotopic (exact) mass is 549 g/mol. The molecule has 1 N–H and O–H groups in total. The van der Waals surface area contributed by atoms with E-state index in [-0.39, 0.29) is 17.3 Å². The molecule has 0 spiro atoms. The van der Waals surface area contributed by atoms with Crippen molar-refractivity contribution in [3.8, 4) is 0 Å². The quantitative estimate of drug-likeness (QED) is 0.382. The summed E-state index contributed by atoms with van der Waals surface area (Å²) in [7, 11) is -4.08. The second-order valence-electron chi connectivity index (χ2n) is 10.7. The van der Waals surface area contributed by atoms with Crippen molar-refractivity contribution in [1.82, 2.24) is 10.2 Å². The molecular weight excluding hydrogens is 510 g/mol. The van der Waals surface area contributed by atoms with Crippen LogP contribution in [0.3, 0.4) is 0 Å². The van der Waals surface area contributed by atoms with E-state index >= 15 is 0 Å². The minimum Gasteiger partial charge on any atom is -0.350 e. The first-order valence-electron chi connectivity index (χ1n) is 13.2. The number of sulfonamides is 1. The summed E-state index contributed by atoms with van der Waals surface area (Å²) >= 11 is 0. The van der Waals surface area contributed by atoms with E-state index in [0.29, 0.717) is 12.1 Å². The molecule has 0 unspecified atom stereocenters. The highest BCUT2D eigenvalue weighted by atomic mass is 32.2. The molecule has 0 saturated heterocycles. The van der Waals surface area contributed by atoms with E-state index in [1.807, 2.05) is 71.0 Å². The summed E-state index contributed by atoms with van der Waals surface area (Å²) in [5, 5.41) is 2.94. The van der Waals surface area contributed by atoms with Crippen molar-refractivity contribution < 1.29 is 18.0 Å². The van der Waals surface area contributed by atoms with Gasteiger partial charge in [0.25, 0.3) is 10.0 Å². The minimum absolute atomic E-state index is 0.0901. The first-order chi connectivity index (χ1) is 18.3. The van der Waals surface area contributed by atoms with Crippen LogP contribution in [0.5, 0.6) is 0 Å². The van der Waals surface area contributed by atoms with Gasteiger partial charge in [0.1, 0.15) is 12.6 Å². The van der Waals surface area contributed by atoms with Crippen LogP contribution in [0, 0.1) is 6.92 Å². The molecule has 0 heterocycles. The maximum Gasteiger partial charge on any atom is 0.264 e. The Hall–Kier alpha value is -3.65. The van der Waals surface area contributed by atoms with Gasteiger partial charge in [-0.1, -0.05) is 73.2 Å². The Balaban J connectivity index is 2.06. The minimum atomic E-state index is -4.08. The third-order valence-electron chi connectivity index (χ3n) is 6.39. The van der Waals surface area contributed by atoms with Crippen LogP contribution >= 0.6 is 0 Å². The fourth-order valence-corrected chi connectivity index (χ4v) is 5.71. The van der Waals surface area contributed by atoms with Crippen molar-refractivity contribution in [3.05, 3.63) is 95.6 Å². The zero-order valence-electron chi connectivity index (χ0n) is 23.6. The zero-order valence-corrected chi connectivity index (χ0v) is 24.5. The van der Waals surface area contributed by atoms with E-state index in [1.165, 1.54) is 21.3 Å². The van der Waals surface area contributed by atoms with Crippen molar-refractivity contribution in [3.63, 3.8) is 0 Å². The van der Waals surface area contributed by atoms with Crippen LogP contribution in [0.2, 0.25) is 0 Å². The highest BCUT2D eigenvalue weighted by Gasteiger charge is 2.33. The van der Waals surface area contributed by atoms with E-state index in [0.717, 1.165) is 16.7 Å². The van der Waals surface area contributed by atoms with E-state index in [2.05, 4.69) is 5.32 Å². The van der Waals surface area contributed by atoms with Gasteiger partial charge in [-0.2, -0.15) is 0 Å².